The number of fused-ring (bicyclic) bond motifs is 1. The largest absolute Gasteiger partial charge is 0.251 e. The summed E-state index contributed by atoms with van der Waals surface area (Å²) in [5.41, 5.74) is 2.99. The first-order valence-corrected chi connectivity index (χ1v) is 8.87. The van der Waals surface area contributed by atoms with Gasteiger partial charge < -0.3 is 0 Å². The summed E-state index contributed by atoms with van der Waals surface area (Å²) in [5, 5.41) is 1.11. The van der Waals surface area contributed by atoms with Gasteiger partial charge in [0.1, 0.15) is 0 Å². The molecule has 0 bridgehead atoms. The molecule has 1 heterocycles. The van der Waals surface area contributed by atoms with Gasteiger partial charge in [-0.3, -0.25) is 4.98 Å². The number of halogens is 1. The zero-order chi connectivity index (χ0) is 15.8. The van der Waals surface area contributed by atoms with Gasteiger partial charge in [0.05, 0.1) is 33.0 Å². The Labute approximate surface area is 137 Å². The number of pyridine rings is 1. The van der Waals surface area contributed by atoms with E-state index in [1.54, 1.807) is 0 Å². The number of rotatable bonds is 3. The van der Waals surface area contributed by atoms with Gasteiger partial charge in [-0.15, -0.1) is 0 Å². The first kappa shape index (κ1) is 16.6. The van der Waals surface area contributed by atoms with Crippen LogP contribution in [0.4, 0.5) is 0 Å². The summed E-state index contributed by atoms with van der Waals surface area (Å²) in [6, 6.07) is 8.13. The van der Waals surface area contributed by atoms with Crippen LogP contribution in [0.5, 0.6) is 0 Å². The lowest BCUT2D eigenvalue weighted by atomic mass is 10.1. The van der Waals surface area contributed by atoms with E-state index in [-0.39, 0.29) is 10.8 Å². The van der Waals surface area contributed by atoms with Crippen LogP contribution in [0.1, 0.15) is 45.0 Å². The van der Waals surface area contributed by atoms with Crippen molar-refractivity contribution in [2.75, 3.05) is 0 Å². The van der Waals surface area contributed by atoms with Gasteiger partial charge in [0, 0.05) is 9.86 Å². The Kier molecular flexibility index (Phi) is 4.85. The maximum Gasteiger partial charge on any atom is 0.0976 e. The van der Waals surface area contributed by atoms with Gasteiger partial charge in [0.15, 0.2) is 0 Å². The van der Waals surface area contributed by atoms with Crippen molar-refractivity contribution in [1.82, 2.24) is 9.71 Å². The van der Waals surface area contributed by atoms with Gasteiger partial charge >= 0.3 is 0 Å². The first-order chi connectivity index (χ1) is 9.68. The number of aryl methyl sites for hydroxylation is 1. The highest BCUT2D eigenvalue weighted by molar-refractivity contribution is 9.10. The minimum Gasteiger partial charge on any atom is -0.251 e. The maximum absolute atomic E-state index is 12.2. The molecule has 2 rings (SSSR count). The van der Waals surface area contributed by atoms with Crippen molar-refractivity contribution < 1.29 is 4.21 Å². The Morgan fingerprint density at radius 1 is 1.29 bits per heavy atom. The van der Waals surface area contributed by atoms with Crippen LogP contribution >= 0.6 is 15.9 Å². The topological polar surface area (TPSA) is 42.0 Å². The summed E-state index contributed by atoms with van der Waals surface area (Å²) < 4.78 is 16.1. The molecule has 1 unspecified atom stereocenters. The maximum atomic E-state index is 12.2. The molecule has 0 aliphatic carbocycles. The van der Waals surface area contributed by atoms with Gasteiger partial charge in [-0.05, 0) is 58.4 Å². The summed E-state index contributed by atoms with van der Waals surface area (Å²) in [6.07, 6.45) is 0. The molecule has 0 saturated carbocycles. The molecule has 0 spiro atoms. The lowest BCUT2D eigenvalue weighted by Gasteiger charge is -2.22. The van der Waals surface area contributed by atoms with E-state index in [4.69, 9.17) is 4.98 Å². The van der Waals surface area contributed by atoms with E-state index in [1.165, 1.54) is 0 Å². The fraction of sp³-hybridized carbons (Fsp3) is 0.438. The quantitative estimate of drug-likeness (QED) is 0.870. The molecule has 1 N–H and O–H groups in total. The zero-order valence-electron chi connectivity index (χ0n) is 13.0. The molecule has 2 aromatic rings. The number of hydrogen-bond donors (Lipinski definition) is 1. The highest BCUT2D eigenvalue weighted by atomic mass is 79.9. The molecule has 0 saturated heterocycles. The van der Waals surface area contributed by atoms with Gasteiger partial charge in [-0.2, -0.15) is 0 Å². The minimum absolute atomic E-state index is 0.0616. The molecule has 0 aliphatic rings. The lowest BCUT2D eigenvalue weighted by molar-refractivity contribution is 0.611. The zero-order valence-corrected chi connectivity index (χ0v) is 15.4. The fourth-order valence-corrected chi connectivity index (χ4v) is 3.23. The third kappa shape index (κ3) is 3.90. The number of hydrogen-bond acceptors (Lipinski definition) is 2. The van der Waals surface area contributed by atoms with E-state index in [2.05, 4.69) is 32.8 Å². The second-order valence-corrected chi connectivity index (χ2v) is 9.16. The average Bonchev–Trinajstić information content (AvgIpc) is 2.37. The van der Waals surface area contributed by atoms with Crippen LogP contribution in [-0.4, -0.2) is 13.9 Å². The molecule has 0 fully saturated rings. The van der Waals surface area contributed by atoms with Crippen molar-refractivity contribution in [3.63, 3.8) is 0 Å². The molecule has 0 amide bonds. The molecule has 0 radical (unpaired) electrons. The lowest BCUT2D eigenvalue weighted by Crippen LogP contribution is -2.35. The average molecular weight is 369 g/mol. The number of aromatic nitrogens is 1. The Morgan fingerprint density at radius 2 is 1.95 bits per heavy atom. The summed E-state index contributed by atoms with van der Waals surface area (Å²) >= 11 is 3.47. The predicted octanol–water partition coefficient (Wildman–Crippen LogP) is 4.42. The Hall–Kier alpha value is -0.780. The molecule has 21 heavy (non-hydrogen) atoms. The van der Waals surface area contributed by atoms with E-state index < -0.39 is 11.0 Å². The van der Waals surface area contributed by atoms with E-state index in [1.807, 2.05) is 46.8 Å². The smallest absolute Gasteiger partial charge is 0.0976 e. The SMILES string of the molecule is Cc1cc2ccc(Br)cc2nc1[C@@H](C)NS(=O)C(C)(C)C. The predicted molar refractivity (Wildman–Crippen MR) is 93.6 cm³/mol. The van der Waals surface area contributed by atoms with Crippen molar-refractivity contribution in [1.29, 1.82) is 0 Å². The molecular formula is C16H21BrN2OS. The van der Waals surface area contributed by atoms with Crippen LogP contribution < -0.4 is 4.72 Å². The second kappa shape index (κ2) is 6.15. The van der Waals surface area contributed by atoms with Crippen LogP contribution in [0.2, 0.25) is 0 Å². The third-order valence-corrected chi connectivity index (χ3v) is 5.43. The Balaban J connectivity index is 2.37. The second-order valence-electron chi connectivity index (χ2n) is 6.25. The monoisotopic (exact) mass is 368 g/mol. The number of benzene rings is 1. The van der Waals surface area contributed by atoms with Crippen molar-refractivity contribution in [3.8, 4) is 0 Å². The van der Waals surface area contributed by atoms with Gasteiger partial charge in [0.2, 0.25) is 0 Å². The highest BCUT2D eigenvalue weighted by Gasteiger charge is 2.23. The highest BCUT2D eigenvalue weighted by Crippen LogP contribution is 2.24. The molecule has 2 atom stereocenters. The van der Waals surface area contributed by atoms with Crippen LogP contribution in [0.3, 0.4) is 0 Å². The van der Waals surface area contributed by atoms with E-state index in [9.17, 15) is 4.21 Å². The van der Waals surface area contributed by atoms with Crippen molar-refractivity contribution in [2.45, 2.75) is 45.4 Å². The Bertz CT molecular complexity index is 694. The summed E-state index contributed by atoms with van der Waals surface area (Å²) in [7, 11) is -1.11. The molecule has 0 aliphatic heterocycles. The van der Waals surface area contributed by atoms with Gasteiger partial charge in [0.25, 0.3) is 0 Å². The van der Waals surface area contributed by atoms with E-state index in [0.717, 1.165) is 26.6 Å². The molecule has 1 aromatic carbocycles. The molecule has 5 heteroatoms. The molecule has 114 valence electrons. The summed E-state index contributed by atoms with van der Waals surface area (Å²) in [5.74, 6) is 0. The van der Waals surface area contributed by atoms with E-state index in [0.29, 0.717) is 0 Å². The normalized spacial score (nSPS) is 15.1. The third-order valence-electron chi connectivity index (χ3n) is 3.26. The van der Waals surface area contributed by atoms with Crippen molar-refractivity contribution >= 4 is 37.8 Å². The molecule has 1 aromatic heterocycles. The molecular weight excluding hydrogens is 348 g/mol. The number of nitrogens with one attached hydrogen (secondary N) is 1. The van der Waals surface area contributed by atoms with Crippen LogP contribution in [0, 0.1) is 6.92 Å². The Morgan fingerprint density at radius 3 is 2.57 bits per heavy atom. The van der Waals surface area contributed by atoms with Gasteiger partial charge in [-0.25, -0.2) is 8.93 Å². The fourth-order valence-electron chi connectivity index (χ4n) is 2.09. The van der Waals surface area contributed by atoms with Gasteiger partial charge in [-0.1, -0.05) is 22.0 Å². The summed E-state index contributed by atoms with van der Waals surface area (Å²) in [6.45, 7) is 9.92. The van der Waals surface area contributed by atoms with Crippen LogP contribution in [-0.2, 0) is 11.0 Å². The standard InChI is InChI=1S/C16H21BrN2OS/c1-10-8-12-6-7-13(17)9-14(12)18-15(10)11(2)19-21(20)16(3,4)5/h6-9,11,19H,1-5H3/t11-,21?/m1/s1. The summed E-state index contributed by atoms with van der Waals surface area (Å²) in [4.78, 5) is 4.74. The van der Waals surface area contributed by atoms with Crippen LogP contribution in [0.25, 0.3) is 10.9 Å². The van der Waals surface area contributed by atoms with Crippen molar-refractivity contribution in [2.24, 2.45) is 0 Å². The minimum atomic E-state index is -1.11. The van der Waals surface area contributed by atoms with Crippen LogP contribution in [0.15, 0.2) is 28.7 Å². The van der Waals surface area contributed by atoms with E-state index >= 15 is 0 Å². The molecule has 3 nitrogen and oxygen atoms in total. The first-order valence-electron chi connectivity index (χ1n) is 6.93. The van der Waals surface area contributed by atoms with Crippen molar-refractivity contribution in [3.05, 3.63) is 40.0 Å². The number of nitrogens with zero attached hydrogens (tertiary/aromatic N) is 1.